The molecule has 11 heteroatoms. The molecule has 5 aromatic rings. The average molecular weight is 590 g/mol. The van der Waals surface area contributed by atoms with E-state index in [2.05, 4.69) is 17.2 Å². The summed E-state index contributed by atoms with van der Waals surface area (Å²) in [5, 5.41) is 21.6. The van der Waals surface area contributed by atoms with Crippen LogP contribution in [0.5, 0.6) is 5.75 Å². The molecule has 216 valence electrons. The number of fused-ring (bicyclic) bond motifs is 3. The predicted molar refractivity (Wildman–Crippen MR) is 156 cm³/mol. The lowest BCUT2D eigenvalue weighted by Crippen LogP contribution is -2.31. The zero-order valence-electron chi connectivity index (χ0n) is 23.2. The molecule has 7 rings (SSSR count). The first kappa shape index (κ1) is 27.1. The summed E-state index contributed by atoms with van der Waals surface area (Å²) >= 11 is 1.44. The van der Waals surface area contributed by atoms with Gasteiger partial charge in [-0.3, -0.25) is 9.67 Å². The van der Waals surface area contributed by atoms with Gasteiger partial charge in [0.1, 0.15) is 35.4 Å². The van der Waals surface area contributed by atoms with Crippen LogP contribution < -0.4 is 10.1 Å². The van der Waals surface area contributed by atoms with Crippen LogP contribution in [0.3, 0.4) is 0 Å². The van der Waals surface area contributed by atoms with Gasteiger partial charge >= 0.3 is 0 Å². The number of benzene rings is 1. The number of thiophene rings is 1. The van der Waals surface area contributed by atoms with Crippen LogP contribution in [0.4, 0.5) is 8.78 Å². The van der Waals surface area contributed by atoms with Gasteiger partial charge in [-0.2, -0.15) is 5.10 Å². The van der Waals surface area contributed by atoms with E-state index >= 15 is 4.39 Å². The monoisotopic (exact) mass is 589 g/mol. The minimum atomic E-state index is -0.755. The Bertz CT molecular complexity index is 1820. The molecule has 1 aliphatic heterocycles. The molecule has 8 nitrogen and oxygen atoms in total. The molecule has 1 aromatic carbocycles. The first-order valence-corrected chi connectivity index (χ1v) is 14.8. The maximum Gasteiger partial charge on any atom is 0.137 e. The van der Waals surface area contributed by atoms with Crippen molar-refractivity contribution in [1.29, 1.82) is 0 Å². The largest absolute Gasteiger partial charge is 0.490 e. The number of hydrogen-bond donors (Lipinski definition) is 2. The Morgan fingerprint density at radius 1 is 1.14 bits per heavy atom. The first-order chi connectivity index (χ1) is 20.4. The van der Waals surface area contributed by atoms with E-state index in [-0.39, 0.29) is 30.6 Å². The highest BCUT2D eigenvalue weighted by molar-refractivity contribution is 7.18. The standard InChI is InChI=1S/C31H29F2N5O3S/c1-16-24-14-23(37-38(24)7-6-34-16)30-28(27-21(33)12-18(32)13-26(27)41-9-8-40-2)31-19(5-10-42-31)29(36-30)17-11-20-22(35-15-17)3-4-25(20)39/h5,10-16,25,34,39H,3-4,6-9H2,1-2H3/t16-,25-/m1/s1. The maximum absolute atomic E-state index is 15.9. The van der Waals surface area contributed by atoms with Gasteiger partial charge in [0.15, 0.2) is 0 Å². The van der Waals surface area contributed by atoms with Gasteiger partial charge in [0.25, 0.3) is 0 Å². The van der Waals surface area contributed by atoms with Gasteiger partial charge in [0, 0.05) is 70.5 Å². The third-order valence-corrected chi connectivity index (χ3v) is 8.92. The van der Waals surface area contributed by atoms with E-state index in [9.17, 15) is 9.50 Å². The van der Waals surface area contributed by atoms with Crippen molar-refractivity contribution in [2.75, 3.05) is 26.9 Å². The number of nitrogens with zero attached hydrogens (tertiary/aromatic N) is 4. The molecule has 4 aromatic heterocycles. The maximum atomic E-state index is 15.9. The van der Waals surface area contributed by atoms with Crippen molar-refractivity contribution in [3.05, 3.63) is 70.5 Å². The van der Waals surface area contributed by atoms with Crippen molar-refractivity contribution in [1.82, 2.24) is 25.1 Å². The second-order valence-electron chi connectivity index (χ2n) is 10.6. The number of aromatic nitrogens is 4. The Labute approximate surface area is 245 Å². The average Bonchev–Trinajstić information content (AvgIpc) is 3.72. The van der Waals surface area contributed by atoms with E-state index in [0.29, 0.717) is 35.6 Å². The van der Waals surface area contributed by atoms with Crippen molar-refractivity contribution in [2.45, 2.75) is 38.5 Å². The fourth-order valence-electron chi connectivity index (χ4n) is 5.94. The van der Waals surface area contributed by atoms with E-state index in [1.165, 1.54) is 24.5 Å². The van der Waals surface area contributed by atoms with E-state index in [4.69, 9.17) is 19.6 Å². The molecule has 0 spiro atoms. The highest BCUT2D eigenvalue weighted by Gasteiger charge is 2.29. The zero-order valence-corrected chi connectivity index (χ0v) is 24.0. The van der Waals surface area contributed by atoms with Crippen LogP contribution in [0.15, 0.2) is 41.9 Å². The van der Waals surface area contributed by atoms with Crippen molar-refractivity contribution in [3.8, 4) is 39.5 Å². The second-order valence-corrected chi connectivity index (χ2v) is 11.5. The molecule has 42 heavy (non-hydrogen) atoms. The Kier molecular flexibility index (Phi) is 6.97. The molecular formula is C31H29F2N5O3S. The van der Waals surface area contributed by atoms with Crippen molar-refractivity contribution >= 4 is 21.4 Å². The number of nitrogens with one attached hydrogen (secondary N) is 1. The molecule has 0 unspecified atom stereocenters. The lowest BCUT2D eigenvalue weighted by Gasteiger charge is -2.21. The molecule has 1 aliphatic carbocycles. The smallest absolute Gasteiger partial charge is 0.137 e. The van der Waals surface area contributed by atoms with Crippen LogP contribution in [0.2, 0.25) is 0 Å². The summed E-state index contributed by atoms with van der Waals surface area (Å²) in [4.78, 5) is 9.80. The van der Waals surface area contributed by atoms with Gasteiger partial charge < -0.3 is 19.9 Å². The molecule has 0 saturated carbocycles. The SMILES string of the molecule is COCCOc1cc(F)cc(F)c1-c1c(-c2cc3n(n2)CCN[C@@H]3C)nc(-c2cnc3c(c2)[C@H](O)CC3)c2ccsc12. The minimum absolute atomic E-state index is 0.0661. The molecule has 5 heterocycles. The quantitative estimate of drug-likeness (QED) is 0.231. The number of aliphatic hydroxyl groups excluding tert-OH is 1. The summed E-state index contributed by atoms with van der Waals surface area (Å²) in [6.07, 6.45) is 2.57. The summed E-state index contributed by atoms with van der Waals surface area (Å²) in [7, 11) is 1.54. The van der Waals surface area contributed by atoms with E-state index < -0.39 is 17.7 Å². The summed E-state index contributed by atoms with van der Waals surface area (Å²) in [6.45, 7) is 3.91. The van der Waals surface area contributed by atoms with E-state index in [1.807, 2.05) is 28.3 Å². The molecule has 0 amide bonds. The van der Waals surface area contributed by atoms with E-state index in [1.54, 1.807) is 6.20 Å². The number of hydrogen-bond acceptors (Lipinski definition) is 8. The number of halogens is 2. The fourth-order valence-corrected chi connectivity index (χ4v) is 6.88. The molecule has 2 N–H and O–H groups in total. The normalized spacial score (nSPS) is 17.9. The Hall–Kier alpha value is -3.77. The van der Waals surface area contributed by atoms with Gasteiger partial charge in [-0.25, -0.2) is 13.8 Å². The molecule has 0 bridgehead atoms. The number of aliphatic hydroxyl groups is 1. The van der Waals surface area contributed by atoms with Crippen molar-refractivity contribution < 1.29 is 23.4 Å². The topological polar surface area (TPSA) is 94.3 Å². The fraction of sp³-hybridized carbons (Fsp3) is 0.323. The van der Waals surface area contributed by atoms with Crippen LogP contribution in [0, 0.1) is 11.6 Å². The van der Waals surface area contributed by atoms with Gasteiger partial charge in [-0.1, -0.05) is 0 Å². The molecule has 2 aliphatic rings. The summed E-state index contributed by atoms with van der Waals surface area (Å²) < 4.78 is 44.1. The summed E-state index contributed by atoms with van der Waals surface area (Å²) in [5.41, 5.74) is 5.73. The van der Waals surface area contributed by atoms with Crippen LogP contribution in [0.1, 0.15) is 42.4 Å². The lowest BCUT2D eigenvalue weighted by atomic mass is 9.96. The Morgan fingerprint density at radius 3 is 2.86 bits per heavy atom. The summed E-state index contributed by atoms with van der Waals surface area (Å²) in [6, 6.07) is 8.00. The van der Waals surface area contributed by atoms with Gasteiger partial charge in [-0.05, 0) is 43.3 Å². The van der Waals surface area contributed by atoms with Crippen molar-refractivity contribution in [3.63, 3.8) is 0 Å². The minimum Gasteiger partial charge on any atom is -0.490 e. The number of ether oxygens (including phenoxy) is 2. The number of methoxy groups -OCH3 is 1. The van der Waals surface area contributed by atoms with Crippen molar-refractivity contribution in [2.24, 2.45) is 0 Å². The lowest BCUT2D eigenvalue weighted by molar-refractivity contribution is 0.146. The first-order valence-electron chi connectivity index (χ1n) is 13.9. The highest BCUT2D eigenvalue weighted by atomic mass is 32.1. The Morgan fingerprint density at radius 2 is 2.02 bits per heavy atom. The zero-order chi connectivity index (χ0) is 29.0. The molecule has 0 saturated heterocycles. The predicted octanol–water partition coefficient (Wildman–Crippen LogP) is 5.84. The number of pyridine rings is 2. The van der Waals surface area contributed by atoms with Gasteiger partial charge in [-0.15, -0.1) is 11.3 Å². The number of rotatable bonds is 7. The Balaban J connectivity index is 1.51. The molecular weight excluding hydrogens is 560 g/mol. The van der Waals surface area contributed by atoms with Gasteiger partial charge in [0.05, 0.1) is 36.2 Å². The molecule has 2 atom stereocenters. The van der Waals surface area contributed by atoms with E-state index in [0.717, 1.165) is 51.6 Å². The van der Waals surface area contributed by atoms with Crippen LogP contribution in [-0.4, -0.2) is 51.7 Å². The highest BCUT2D eigenvalue weighted by Crippen LogP contribution is 2.47. The molecule has 0 radical (unpaired) electrons. The van der Waals surface area contributed by atoms with Crippen LogP contribution in [0.25, 0.3) is 43.9 Å². The van der Waals surface area contributed by atoms with Crippen LogP contribution >= 0.6 is 11.3 Å². The number of aryl methyl sites for hydroxylation is 1. The van der Waals surface area contributed by atoms with Gasteiger partial charge in [0.2, 0.25) is 0 Å². The van der Waals surface area contributed by atoms with Crippen LogP contribution in [-0.2, 0) is 17.7 Å². The second kappa shape index (κ2) is 10.8. The molecule has 0 fully saturated rings. The third-order valence-electron chi connectivity index (χ3n) is 7.98. The summed E-state index contributed by atoms with van der Waals surface area (Å²) in [5.74, 6) is -1.43. The third kappa shape index (κ3) is 4.57.